The van der Waals surface area contributed by atoms with Gasteiger partial charge in [0, 0.05) is 17.7 Å². The number of aromatic nitrogens is 2. The van der Waals surface area contributed by atoms with Gasteiger partial charge in [0.05, 0.1) is 22.4 Å². The van der Waals surface area contributed by atoms with Crippen LogP contribution in [0.5, 0.6) is 0 Å². The number of thioether (sulfide) groups is 1. The topological polar surface area (TPSA) is 67.2 Å². The smallest absolute Gasteiger partial charge is 0.240 e. The Balaban J connectivity index is 1.79. The van der Waals surface area contributed by atoms with Gasteiger partial charge < -0.3 is 5.32 Å². The fourth-order valence-corrected chi connectivity index (χ4v) is 6.41. The lowest BCUT2D eigenvalue weighted by Gasteiger charge is -2.23. The number of carbonyl (C=O) groups excluding carboxylic acids is 2. The van der Waals surface area contributed by atoms with Crippen molar-refractivity contribution in [3.8, 4) is 16.9 Å². The van der Waals surface area contributed by atoms with E-state index in [0.29, 0.717) is 12.4 Å². The molecule has 0 aliphatic carbocycles. The first kappa shape index (κ1) is 24.3. The zero-order valence-corrected chi connectivity index (χ0v) is 21.9. The van der Waals surface area contributed by atoms with Crippen molar-refractivity contribution in [1.82, 2.24) is 15.1 Å². The summed E-state index contributed by atoms with van der Waals surface area (Å²) in [7, 11) is 0. The maximum absolute atomic E-state index is 13.6. The molecular formula is C28H28N4O2S2. The fraction of sp³-hybridized carbons (Fsp3) is 0.250. The van der Waals surface area contributed by atoms with E-state index >= 15 is 0 Å². The Morgan fingerprint density at radius 2 is 1.89 bits per heavy atom. The third-order valence-corrected chi connectivity index (χ3v) is 8.16. The number of anilines is 1. The highest BCUT2D eigenvalue weighted by Crippen LogP contribution is 2.49. The Morgan fingerprint density at radius 3 is 2.61 bits per heavy atom. The molecule has 184 valence electrons. The molecule has 0 unspecified atom stereocenters. The quantitative estimate of drug-likeness (QED) is 0.347. The normalized spacial score (nSPS) is 15.4. The van der Waals surface area contributed by atoms with Crippen molar-refractivity contribution >= 4 is 40.7 Å². The van der Waals surface area contributed by atoms with Gasteiger partial charge in [0.25, 0.3) is 0 Å². The first-order valence-electron chi connectivity index (χ1n) is 12.0. The van der Waals surface area contributed by atoms with E-state index < -0.39 is 0 Å². The summed E-state index contributed by atoms with van der Waals surface area (Å²) in [4.78, 5) is 28.1. The highest BCUT2D eigenvalue weighted by molar-refractivity contribution is 8.00. The molecule has 2 aromatic carbocycles. The van der Waals surface area contributed by atoms with E-state index in [2.05, 4.69) is 22.1 Å². The molecule has 6 nitrogen and oxygen atoms in total. The van der Waals surface area contributed by atoms with Crippen LogP contribution < -0.4 is 10.2 Å². The number of hydrogen-bond donors (Lipinski definition) is 1. The molecular weight excluding hydrogens is 488 g/mol. The van der Waals surface area contributed by atoms with Crippen LogP contribution in [0.3, 0.4) is 0 Å². The van der Waals surface area contributed by atoms with Crippen LogP contribution in [0.25, 0.3) is 16.9 Å². The van der Waals surface area contributed by atoms with Gasteiger partial charge in [-0.15, -0.1) is 11.8 Å². The van der Waals surface area contributed by atoms with E-state index in [-0.39, 0.29) is 29.4 Å². The number of nitrogens with one attached hydrogen (secondary N) is 1. The molecule has 3 heterocycles. The average Bonchev–Trinajstić information content (AvgIpc) is 3.53. The summed E-state index contributed by atoms with van der Waals surface area (Å²) >= 11 is 3.23. The Hall–Kier alpha value is -3.36. The van der Waals surface area contributed by atoms with Crippen LogP contribution in [-0.4, -0.2) is 40.4 Å². The van der Waals surface area contributed by atoms with Crippen LogP contribution >= 0.6 is 23.1 Å². The number of hydrogen-bond acceptors (Lipinski definition) is 5. The first-order valence-corrected chi connectivity index (χ1v) is 14.0. The Kier molecular flexibility index (Phi) is 7.25. The molecule has 1 aliphatic heterocycles. The van der Waals surface area contributed by atoms with Gasteiger partial charge in [-0.25, -0.2) is 4.68 Å². The predicted octanol–water partition coefficient (Wildman–Crippen LogP) is 5.60. The minimum Gasteiger partial charge on any atom is -0.355 e. The van der Waals surface area contributed by atoms with Crippen LogP contribution in [0.4, 0.5) is 5.82 Å². The molecule has 0 fully saturated rings. The molecule has 1 aliphatic rings. The van der Waals surface area contributed by atoms with Crippen molar-refractivity contribution in [2.45, 2.75) is 25.5 Å². The summed E-state index contributed by atoms with van der Waals surface area (Å²) in [5.74, 6) is 0.674. The molecule has 2 amide bonds. The van der Waals surface area contributed by atoms with E-state index in [4.69, 9.17) is 5.10 Å². The fourth-order valence-electron chi connectivity index (χ4n) is 4.45. The van der Waals surface area contributed by atoms with E-state index in [1.54, 1.807) is 28.0 Å². The number of fused-ring (bicyclic) bond motifs is 1. The second-order valence-corrected chi connectivity index (χ2v) is 10.6. The third kappa shape index (κ3) is 4.70. The number of benzene rings is 2. The van der Waals surface area contributed by atoms with Crippen LogP contribution in [0.2, 0.25) is 0 Å². The molecule has 0 saturated carbocycles. The van der Waals surface area contributed by atoms with Gasteiger partial charge in [0.2, 0.25) is 11.8 Å². The lowest BCUT2D eigenvalue weighted by molar-refractivity contribution is -0.122. The monoisotopic (exact) mass is 516 g/mol. The maximum Gasteiger partial charge on any atom is 0.240 e. The largest absolute Gasteiger partial charge is 0.355 e. The average molecular weight is 517 g/mol. The standard InChI is InChI=1S/C28H28N4O2S2/c1-3-14-29-23(33)16-31-24(34)18-36-27(21-13-15-35-17-21)25-26(20-10-5-4-6-11-20)30-32(28(25)31)22-12-8-7-9-19(22)2/h4-13,15,17,27H,3,14,16,18H2,1-2H3,(H,29,33)/t27-/m1/s1. The molecule has 8 heteroatoms. The van der Waals surface area contributed by atoms with Gasteiger partial charge >= 0.3 is 0 Å². The Labute approximate surface area is 219 Å². The maximum atomic E-state index is 13.6. The van der Waals surface area contributed by atoms with E-state index in [9.17, 15) is 9.59 Å². The Morgan fingerprint density at radius 1 is 1.11 bits per heavy atom. The van der Waals surface area contributed by atoms with E-state index in [1.807, 2.05) is 73.1 Å². The molecule has 36 heavy (non-hydrogen) atoms. The van der Waals surface area contributed by atoms with Crippen LogP contribution in [-0.2, 0) is 9.59 Å². The van der Waals surface area contributed by atoms with Crippen LogP contribution in [0, 0.1) is 6.92 Å². The molecule has 0 bridgehead atoms. The summed E-state index contributed by atoms with van der Waals surface area (Å²) in [6.45, 7) is 4.57. The number of carbonyl (C=O) groups is 2. The van der Waals surface area contributed by atoms with Crippen molar-refractivity contribution in [3.05, 3.63) is 88.1 Å². The minimum atomic E-state index is -0.172. The van der Waals surface area contributed by atoms with Gasteiger partial charge in [-0.05, 0) is 47.4 Å². The molecule has 0 saturated heterocycles. The molecule has 5 rings (SSSR count). The molecule has 1 N–H and O–H groups in total. The SMILES string of the molecule is CCCNC(=O)CN1C(=O)CS[C@H](c2ccsc2)c2c(-c3ccccc3)nn(-c3ccccc3C)c21. The van der Waals surface area contributed by atoms with Crippen molar-refractivity contribution in [2.24, 2.45) is 0 Å². The van der Waals surface area contributed by atoms with Crippen molar-refractivity contribution in [1.29, 1.82) is 0 Å². The zero-order chi connectivity index (χ0) is 25.1. The highest BCUT2D eigenvalue weighted by atomic mass is 32.2. The second kappa shape index (κ2) is 10.7. The van der Waals surface area contributed by atoms with Crippen molar-refractivity contribution < 1.29 is 9.59 Å². The summed E-state index contributed by atoms with van der Waals surface area (Å²) in [6.07, 6.45) is 0.834. The van der Waals surface area contributed by atoms with Gasteiger partial charge in [0.15, 0.2) is 0 Å². The lowest BCUT2D eigenvalue weighted by Crippen LogP contribution is -2.42. The number of rotatable bonds is 7. The Bertz CT molecular complexity index is 1370. The van der Waals surface area contributed by atoms with Crippen molar-refractivity contribution in [3.63, 3.8) is 0 Å². The summed E-state index contributed by atoms with van der Waals surface area (Å²) in [6, 6.07) is 20.2. The molecule has 0 radical (unpaired) electrons. The number of thiophene rings is 1. The zero-order valence-electron chi connectivity index (χ0n) is 20.3. The number of aryl methyl sites for hydroxylation is 1. The van der Waals surface area contributed by atoms with Crippen LogP contribution in [0.1, 0.15) is 35.3 Å². The van der Waals surface area contributed by atoms with Gasteiger partial charge in [0.1, 0.15) is 12.4 Å². The van der Waals surface area contributed by atoms with Crippen molar-refractivity contribution in [2.75, 3.05) is 23.7 Å². The minimum absolute atomic E-state index is 0.0471. The number of amides is 2. The predicted molar refractivity (Wildman–Crippen MR) is 148 cm³/mol. The summed E-state index contributed by atoms with van der Waals surface area (Å²) in [5, 5.41) is 12.2. The van der Waals surface area contributed by atoms with E-state index in [0.717, 1.165) is 40.1 Å². The molecule has 4 aromatic rings. The molecule has 1 atom stereocenters. The third-order valence-electron chi connectivity index (χ3n) is 6.20. The first-order chi connectivity index (χ1) is 17.6. The van der Waals surface area contributed by atoms with Gasteiger partial charge in [-0.1, -0.05) is 55.5 Å². The second-order valence-electron chi connectivity index (χ2n) is 8.73. The summed E-state index contributed by atoms with van der Waals surface area (Å²) in [5.41, 5.74) is 5.82. The molecule has 0 spiro atoms. The van der Waals surface area contributed by atoms with Crippen LogP contribution in [0.15, 0.2) is 71.4 Å². The van der Waals surface area contributed by atoms with Gasteiger partial charge in [-0.2, -0.15) is 16.4 Å². The summed E-state index contributed by atoms with van der Waals surface area (Å²) < 4.78 is 1.86. The molecule has 2 aromatic heterocycles. The number of para-hydroxylation sites is 1. The number of nitrogens with zero attached hydrogens (tertiary/aromatic N) is 3. The van der Waals surface area contributed by atoms with E-state index in [1.165, 1.54) is 0 Å². The lowest BCUT2D eigenvalue weighted by atomic mass is 10.0. The highest BCUT2D eigenvalue weighted by Gasteiger charge is 2.37. The van der Waals surface area contributed by atoms with Gasteiger partial charge in [-0.3, -0.25) is 14.5 Å².